The first-order valence-corrected chi connectivity index (χ1v) is 11.2. The van der Waals surface area contributed by atoms with Gasteiger partial charge in [-0.1, -0.05) is 13.8 Å². The molecule has 0 fully saturated rings. The number of rotatable bonds is 9. The van der Waals surface area contributed by atoms with Crippen molar-refractivity contribution in [2.45, 2.75) is 34.6 Å². The number of anilines is 1. The highest BCUT2D eigenvalue weighted by atomic mass is 19.1. The number of halogens is 1. The number of carbonyl (C=O) groups excluding carboxylic acids is 3. The molecular formula is C25H31FN4O3. The van der Waals surface area contributed by atoms with Gasteiger partial charge in [0.1, 0.15) is 11.6 Å². The van der Waals surface area contributed by atoms with E-state index in [2.05, 4.69) is 29.0 Å². The minimum absolute atomic E-state index is 0.0856. The third-order valence-corrected chi connectivity index (χ3v) is 6.00. The van der Waals surface area contributed by atoms with E-state index >= 15 is 0 Å². The van der Waals surface area contributed by atoms with Gasteiger partial charge in [0.2, 0.25) is 0 Å². The largest absolute Gasteiger partial charge is 0.358 e. The molecule has 33 heavy (non-hydrogen) atoms. The van der Waals surface area contributed by atoms with Crippen LogP contribution in [0.3, 0.4) is 0 Å². The van der Waals surface area contributed by atoms with Crippen LogP contribution in [0.4, 0.5) is 10.1 Å². The van der Waals surface area contributed by atoms with E-state index in [0.717, 1.165) is 19.6 Å². The Kier molecular flexibility index (Phi) is 7.48. The molecule has 1 aromatic heterocycles. The molecule has 1 aromatic carbocycles. The van der Waals surface area contributed by atoms with Gasteiger partial charge in [0, 0.05) is 30.0 Å². The molecule has 2 heterocycles. The fourth-order valence-electron chi connectivity index (χ4n) is 4.21. The molecule has 2 aromatic rings. The summed E-state index contributed by atoms with van der Waals surface area (Å²) in [7, 11) is 0. The minimum atomic E-state index is -0.468. The van der Waals surface area contributed by atoms with Crippen LogP contribution in [0.15, 0.2) is 18.2 Å². The summed E-state index contributed by atoms with van der Waals surface area (Å²) in [6.45, 7) is 12.2. The predicted molar refractivity (Wildman–Crippen MR) is 128 cm³/mol. The van der Waals surface area contributed by atoms with E-state index in [-0.39, 0.29) is 29.7 Å². The number of aryl methyl sites for hydroxylation is 1. The average molecular weight is 455 g/mol. The van der Waals surface area contributed by atoms with Gasteiger partial charge in [-0.25, -0.2) is 4.39 Å². The molecule has 0 atom stereocenters. The van der Waals surface area contributed by atoms with E-state index in [1.807, 2.05) is 6.92 Å². The maximum Gasteiger partial charge on any atom is 0.259 e. The Morgan fingerprint density at radius 1 is 1.21 bits per heavy atom. The Bertz CT molecular complexity index is 1120. The molecule has 0 aliphatic carbocycles. The number of nitrogens with zero attached hydrogens (tertiary/aromatic N) is 2. The van der Waals surface area contributed by atoms with Gasteiger partial charge in [-0.2, -0.15) is 0 Å². The van der Waals surface area contributed by atoms with Crippen LogP contribution in [0.1, 0.15) is 53.6 Å². The van der Waals surface area contributed by atoms with Crippen molar-refractivity contribution in [2.24, 2.45) is 0 Å². The Morgan fingerprint density at radius 2 is 1.91 bits per heavy atom. The number of carbonyl (C=O) groups is 3. The van der Waals surface area contributed by atoms with Crippen molar-refractivity contribution in [3.63, 3.8) is 0 Å². The van der Waals surface area contributed by atoms with E-state index in [1.165, 1.54) is 30.0 Å². The standard InChI is InChI=1S/C25H31FN4O3/c1-6-29(7-2)11-10-27-24(32)23-16(4)21(28-17(23)5)13-20-19-12-18(26)8-9-22(19)30(25(20)33)14-15(3)31/h8-9,12-13,28H,6-7,10-11,14H2,1-5H3,(H,27,32)/b20-13-. The third kappa shape index (κ3) is 5.06. The summed E-state index contributed by atoms with van der Waals surface area (Å²) in [5.41, 5.74) is 3.73. The van der Waals surface area contributed by atoms with Crippen molar-refractivity contribution >= 4 is 34.9 Å². The summed E-state index contributed by atoms with van der Waals surface area (Å²) in [5, 5.41) is 2.96. The van der Waals surface area contributed by atoms with Gasteiger partial charge in [-0.3, -0.25) is 14.4 Å². The maximum absolute atomic E-state index is 14.0. The normalized spacial score (nSPS) is 14.3. The van der Waals surface area contributed by atoms with E-state index < -0.39 is 5.82 Å². The quantitative estimate of drug-likeness (QED) is 0.570. The highest BCUT2D eigenvalue weighted by Crippen LogP contribution is 2.38. The second-order valence-corrected chi connectivity index (χ2v) is 8.26. The van der Waals surface area contributed by atoms with Crippen molar-refractivity contribution in [2.75, 3.05) is 37.6 Å². The van der Waals surface area contributed by atoms with Crippen LogP contribution in [-0.4, -0.2) is 60.2 Å². The topological polar surface area (TPSA) is 85.5 Å². The first-order valence-electron chi connectivity index (χ1n) is 11.2. The first-order chi connectivity index (χ1) is 15.7. The Balaban J connectivity index is 1.91. The second-order valence-electron chi connectivity index (χ2n) is 8.26. The van der Waals surface area contributed by atoms with E-state index in [9.17, 15) is 18.8 Å². The predicted octanol–water partition coefficient (Wildman–Crippen LogP) is 3.32. The number of aromatic amines is 1. The summed E-state index contributed by atoms with van der Waals surface area (Å²) in [5.74, 6) is -1.19. The van der Waals surface area contributed by atoms with Crippen molar-refractivity contribution in [1.29, 1.82) is 0 Å². The lowest BCUT2D eigenvalue weighted by atomic mass is 10.0. The van der Waals surface area contributed by atoms with Crippen molar-refractivity contribution < 1.29 is 18.8 Å². The van der Waals surface area contributed by atoms with Crippen LogP contribution < -0.4 is 10.2 Å². The number of aromatic nitrogens is 1. The molecule has 1 aliphatic rings. The zero-order valence-electron chi connectivity index (χ0n) is 19.8. The molecule has 2 amide bonds. The molecular weight excluding hydrogens is 423 g/mol. The number of amides is 2. The summed E-state index contributed by atoms with van der Waals surface area (Å²) < 4.78 is 14.0. The number of H-pyrrole nitrogens is 1. The van der Waals surface area contributed by atoms with E-state index in [0.29, 0.717) is 40.3 Å². The zero-order chi connectivity index (χ0) is 24.3. The van der Waals surface area contributed by atoms with Crippen molar-refractivity contribution in [1.82, 2.24) is 15.2 Å². The van der Waals surface area contributed by atoms with Gasteiger partial charge in [0.05, 0.1) is 23.4 Å². The number of hydrogen-bond donors (Lipinski definition) is 2. The SMILES string of the molecule is CCN(CC)CCNC(=O)c1c(C)[nH]c(/C=C2\C(=O)N(CC(C)=O)c3ccc(F)cc32)c1C. The molecule has 0 saturated carbocycles. The van der Waals surface area contributed by atoms with Gasteiger partial charge < -0.3 is 20.1 Å². The molecule has 0 unspecified atom stereocenters. The number of hydrogen-bond acceptors (Lipinski definition) is 4. The van der Waals surface area contributed by atoms with Gasteiger partial charge in [0.25, 0.3) is 11.8 Å². The van der Waals surface area contributed by atoms with Crippen molar-refractivity contribution in [3.8, 4) is 0 Å². The third-order valence-electron chi connectivity index (χ3n) is 6.00. The summed E-state index contributed by atoms with van der Waals surface area (Å²) >= 11 is 0. The molecule has 0 bridgehead atoms. The maximum atomic E-state index is 14.0. The number of nitrogens with one attached hydrogen (secondary N) is 2. The van der Waals surface area contributed by atoms with Gasteiger partial charge in [-0.15, -0.1) is 0 Å². The molecule has 2 N–H and O–H groups in total. The molecule has 8 heteroatoms. The molecule has 0 spiro atoms. The first kappa shape index (κ1) is 24.4. The Hall–Kier alpha value is -3.26. The summed E-state index contributed by atoms with van der Waals surface area (Å²) in [6.07, 6.45) is 1.63. The second kappa shape index (κ2) is 10.1. The van der Waals surface area contributed by atoms with Gasteiger partial charge >= 0.3 is 0 Å². The minimum Gasteiger partial charge on any atom is -0.358 e. The number of fused-ring (bicyclic) bond motifs is 1. The summed E-state index contributed by atoms with van der Waals surface area (Å²) in [6, 6.07) is 4.08. The number of likely N-dealkylation sites (N-methyl/N-ethyl adjacent to an activating group) is 1. The number of ketones is 1. The highest BCUT2D eigenvalue weighted by Gasteiger charge is 2.33. The number of benzene rings is 1. The van der Waals surface area contributed by atoms with Crippen LogP contribution in [0.25, 0.3) is 11.6 Å². The highest BCUT2D eigenvalue weighted by molar-refractivity contribution is 6.36. The lowest BCUT2D eigenvalue weighted by molar-refractivity contribution is -0.118. The van der Waals surface area contributed by atoms with E-state index in [4.69, 9.17) is 0 Å². The zero-order valence-corrected chi connectivity index (χ0v) is 19.8. The number of Topliss-reactive ketones (excluding diaryl/α,β-unsaturated/α-hetero) is 1. The van der Waals surface area contributed by atoms with Crippen LogP contribution in [0.5, 0.6) is 0 Å². The molecule has 1 aliphatic heterocycles. The van der Waals surface area contributed by atoms with E-state index in [1.54, 1.807) is 13.0 Å². The monoisotopic (exact) mass is 454 g/mol. The van der Waals surface area contributed by atoms with Gasteiger partial charge in [-0.05, 0) is 63.7 Å². The fraction of sp³-hybridized carbons (Fsp3) is 0.400. The van der Waals surface area contributed by atoms with Gasteiger partial charge in [0.15, 0.2) is 0 Å². The molecule has 176 valence electrons. The smallest absolute Gasteiger partial charge is 0.259 e. The lowest BCUT2D eigenvalue weighted by Gasteiger charge is -2.18. The van der Waals surface area contributed by atoms with Crippen LogP contribution in [0, 0.1) is 19.7 Å². The molecule has 0 saturated heterocycles. The van der Waals surface area contributed by atoms with Crippen LogP contribution in [0.2, 0.25) is 0 Å². The van der Waals surface area contributed by atoms with Crippen molar-refractivity contribution in [3.05, 3.63) is 52.1 Å². The van der Waals surface area contributed by atoms with Crippen LogP contribution in [-0.2, 0) is 9.59 Å². The molecule has 0 radical (unpaired) electrons. The Morgan fingerprint density at radius 3 is 2.55 bits per heavy atom. The Labute approximate surface area is 193 Å². The molecule has 3 rings (SSSR count). The lowest BCUT2D eigenvalue weighted by Crippen LogP contribution is -2.35. The average Bonchev–Trinajstić information content (AvgIpc) is 3.18. The fourth-order valence-corrected chi connectivity index (χ4v) is 4.21. The summed E-state index contributed by atoms with van der Waals surface area (Å²) in [4.78, 5) is 44.4. The van der Waals surface area contributed by atoms with Crippen LogP contribution >= 0.6 is 0 Å². The molecule has 7 nitrogen and oxygen atoms in total.